The lowest BCUT2D eigenvalue weighted by Gasteiger charge is -2.04. The van der Waals surface area contributed by atoms with Crippen molar-refractivity contribution < 1.29 is 4.39 Å². The first-order valence-corrected chi connectivity index (χ1v) is 5.59. The molecule has 15 heavy (non-hydrogen) atoms. The van der Waals surface area contributed by atoms with Gasteiger partial charge >= 0.3 is 0 Å². The molecule has 78 valence electrons. The average Bonchev–Trinajstić information content (AvgIpc) is 2.73. The first-order valence-electron chi connectivity index (χ1n) is 4.33. The summed E-state index contributed by atoms with van der Waals surface area (Å²) < 4.78 is 12.8. The second-order valence-corrected chi connectivity index (χ2v) is 4.29. The van der Waals surface area contributed by atoms with Crippen LogP contribution in [-0.2, 0) is 6.54 Å². The number of nitrogens with zero attached hydrogens (tertiary/aromatic N) is 1. The topological polar surface area (TPSA) is 24.9 Å². The highest BCUT2D eigenvalue weighted by atomic mass is 35.5. The molecule has 0 saturated heterocycles. The number of aromatic nitrogens is 1. The minimum absolute atomic E-state index is 0.124. The number of nitrogens with one attached hydrogen (secondary N) is 1. The first-order chi connectivity index (χ1) is 7.25. The van der Waals surface area contributed by atoms with Gasteiger partial charge in [-0.05, 0) is 18.2 Å². The van der Waals surface area contributed by atoms with Crippen LogP contribution < -0.4 is 5.32 Å². The lowest BCUT2D eigenvalue weighted by atomic mass is 10.3. The van der Waals surface area contributed by atoms with Crippen molar-refractivity contribution >= 4 is 28.6 Å². The molecule has 2 aromatic rings. The van der Waals surface area contributed by atoms with Gasteiger partial charge in [-0.15, -0.1) is 11.3 Å². The second kappa shape index (κ2) is 4.59. The van der Waals surface area contributed by atoms with E-state index in [0.717, 1.165) is 10.7 Å². The molecule has 0 fully saturated rings. The summed E-state index contributed by atoms with van der Waals surface area (Å²) in [6.07, 6.45) is 1.75. The third-order valence-electron chi connectivity index (χ3n) is 1.85. The Morgan fingerprint density at radius 3 is 3.00 bits per heavy atom. The summed E-state index contributed by atoms with van der Waals surface area (Å²) in [5.41, 5.74) is 0.789. The van der Waals surface area contributed by atoms with E-state index in [1.807, 2.05) is 5.38 Å². The van der Waals surface area contributed by atoms with Crippen LogP contribution in [0, 0.1) is 5.82 Å². The Balaban J connectivity index is 2.02. The molecule has 0 atom stereocenters. The normalized spacial score (nSPS) is 10.3. The van der Waals surface area contributed by atoms with E-state index >= 15 is 0 Å². The third kappa shape index (κ3) is 2.67. The second-order valence-electron chi connectivity index (χ2n) is 2.91. The predicted octanol–water partition coefficient (Wildman–Crippen LogP) is 3.55. The zero-order chi connectivity index (χ0) is 10.7. The molecule has 1 aromatic carbocycles. The monoisotopic (exact) mass is 242 g/mol. The number of benzene rings is 1. The number of rotatable bonds is 3. The summed E-state index contributed by atoms with van der Waals surface area (Å²) >= 11 is 7.22. The van der Waals surface area contributed by atoms with E-state index in [9.17, 15) is 4.39 Å². The van der Waals surface area contributed by atoms with E-state index in [-0.39, 0.29) is 5.02 Å². The maximum atomic E-state index is 12.8. The molecule has 0 radical (unpaired) electrons. The van der Waals surface area contributed by atoms with Gasteiger partial charge in [0.05, 0.1) is 11.6 Å². The maximum Gasteiger partial charge on any atom is 0.141 e. The molecule has 0 aliphatic rings. The molecule has 0 amide bonds. The molecule has 1 heterocycles. The Morgan fingerprint density at radius 2 is 2.33 bits per heavy atom. The van der Waals surface area contributed by atoms with Crippen LogP contribution in [0.4, 0.5) is 10.1 Å². The van der Waals surface area contributed by atoms with Crippen LogP contribution in [0.2, 0.25) is 5.02 Å². The number of halogens is 2. The molecule has 0 bridgehead atoms. The van der Waals surface area contributed by atoms with E-state index in [4.69, 9.17) is 11.6 Å². The van der Waals surface area contributed by atoms with Crippen LogP contribution in [0.1, 0.15) is 5.01 Å². The van der Waals surface area contributed by atoms with Gasteiger partial charge in [0.15, 0.2) is 0 Å². The molecule has 1 aromatic heterocycles. The fourth-order valence-corrected chi connectivity index (χ4v) is 1.86. The van der Waals surface area contributed by atoms with Gasteiger partial charge in [-0.3, -0.25) is 0 Å². The van der Waals surface area contributed by atoms with E-state index in [2.05, 4.69) is 10.3 Å². The van der Waals surface area contributed by atoms with Crippen LogP contribution in [0.25, 0.3) is 0 Å². The first kappa shape index (κ1) is 10.4. The largest absolute Gasteiger partial charge is 0.378 e. The van der Waals surface area contributed by atoms with Gasteiger partial charge in [-0.2, -0.15) is 0 Å². The smallest absolute Gasteiger partial charge is 0.141 e. The lowest BCUT2D eigenvalue weighted by Crippen LogP contribution is -1.98. The molecule has 0 spiro atoms. The summed E-state index contributed by atoms with van der Waals surface area (Å²) in [4.78, 5) is 4.12. The van der Waals surface area contributed by atoms with Crippen molar-refractivity contribution in [1.29, 1.82) is 0 Å². The zero-order valence-electron chi connectivity index (χ0n) is 7.71. The van der Waals surface area contributed by atoms with E-state index in [1.54, 1.807) is 29.7 Å². The quantitative estimate of drug-likeness (QED) is 0.891. The van der Waals surface area contributed by atoms with E-state index in [0.29, 0.717) is 6.54 Å². The number of anilines is 1. The number of hydrogen-bond donors (Lipinski definition) is 1. The van der Waals surface area contributed by atoms with Gasteiger partial charge in [0.25, 0.3) is 0 Å². The maximum absolute atomic E-state index is 12.8. The van der Waals surface area contributed by atoms with Crippen molar-refractivity contribution in [2.75, 3.05) is 5.32 Å². The standard InChI is InChI=1S/C10H8ClFN2S/c11-8-5-7(1-2-9(8)12)14-6-10-13-3-4-15-10/h1-5,14H,6H2. The van der Waals surface area contributed by atoms with Crippen molar-refractivity contribution in [3.63, 3.8) is 0 Å². The predicted molar refractivity (Wildman–Crippen MR) is 60.9 cm³/mol. The molecule has 2 nitrogen and oxygen atoms in total. The zero-order valence-corrected chi connectivity index (χ0v) is 9.28. The molecule has 0 aliphatic carbocycles. The van der Waals surface area contributed by atoms with Crippen molar-refractivity contribution in [2.24, 2.45) is 0 Å². The fourth-order valence-electron chi connectivity index (χ4n) is 1.12. The highest BCUT2D eigenvalue weighted by molar-refractivity contribution is 7.09. The molecular formula is C10H8ClFN2S. The molecular weight excluding hydrogens is 235 g/mol. The minimum Gasteiger partial charge on any atom is -0.378 e. The number of thiazole rings is 1. The Labute approximate surface area is 95.7 Å². The van der Waals surface area contributed by atoms with Crippen molar-refractivity contribution in [3.05, 3.63) is 45.6 Å². The molecule has 0 aliphatic heterocycles. The molecule has 0 unspecified atom stereocenters. The highest BCUT2D eigenvalue weighted by Gasteiger charge is 2.01. The van der Waals surface area contributed by atoms with Crippen LogP contribution in [-0.4, -0.2) is 4.98 Å². The Morgan fingerprint density at radius 1 is 1.47 bits per heavy atom. The van der Waals surface area contributed by atoms with Gasteiger partial charge in [0.2, 0.25) is 0 Å². The van der Waals surface area contributed by atoms with Crippen molar-refractivity contribution in [3.8, 4) is 0 Å². The van der Waals surface area contributed by atoms with Gasteiger partial charge < -0.3 is 5.32 Å². The third-order valence-corrected chi connectivity index (χ3v) is 2.92. The Hall–Kier alpha value is -1.13. The molecule has 2 rings (SSSR count). The Kier molecular flexibility index (Phi) is 3.18. The van der Waals surface area contributed by atoms with Crippen molar-refractivity contribution in [1.82, 2.24) is 4.98 Å². The molecule has 1 N–H and O–H groups in total. The minimum atomic E-state index is -0.406. The summed E-state index contributed by atoms with van der Waals surface area (Å²) in [5.74, 6) is -0.406. The number of hydrogen-bond acceptors (Lipinski definition) is 3. The fraction of sp³-hybridized carbons (Fsp3) is 0.100. The van der Waals surface area contributed by atoms with Gasteiger partial charge in [0, 0.05) is 17.3 Å². The van der Waals surface area contributed by atoms with Gasteiger partial charge in [-0.25, -0.2) is 9.37 Å². The Bertz CT molecular complexity index is 445. The van der Waals surface area contributed by atoms with Crippen LogP contribution in [0.3, 0.4) is 0 Å². The van der Waals surface area contributed by atoms with Crippen molar-refractivity contribution in [2.45, 2.75) is 6.54 Å². The van der Waals surface area contributed by atoms with Crippen LogP contribution in [0.15, 0.2) is 29.8 Å². The molecule has 5 heteroatoms. The average molecular weight is 243 g/mol. The van der Waals surface area contributed by atoms with Gasteiger partial charge in [-0.1, -0.05) is 11.6 Å². The van der Waals surface area contributed by atoms with E-state index < -0.39 is 5.82 Å². The molecule has 0 saturated carbocycles. The lowest BCUT2D eigenvalue weighted by molar-refractivity contribution is 0.628. The van der Waals surface area contributed by atoms with E-state index in [1.165, 1.54) is 6.07 Å². The summed E-state index contributed by atoms with van der Waals surface area (Å²) in [7, 11) is 0. The summed E-state index contributed by atoms with van der Waals surface area (Å²) in [6, 6.07) is 4.55. The SMILES string of the molecule is Fc1ccc(NCc2nccs2)cc1Cl. The van der Waals surface area contributed by atoms with Crippen LogP contribution >= 0.6 is 22.9 Å². The van der Waals surface area contributed by atoms with Gasteiger partial charge in [0.1, 0.15) is 10.8 Å². The summed E-state index contributed by atoms with van der Waals surface area (Å²) in [5, 5.41) is 6.13. The highest BCUT2D eigenvalue weighted by Crippen LogP contribution is 2.20. The summed E-state index contributed by atoms with van der Waals surface area (Å²) in [6.45, 7) is 0.625. The van der Waals surface area contributed by atoms with Crippen LogP contribution in [0.5, 0.6) is 0 Å².